The second kappa shape index (κ2) is 16.0. The van der Waals surface area contributed by atoms with Gasteiger partial charge in [-0.05, 0) is 102 Å². The lowest BCUT2D eigenvalue weighted by Gasteiger charge is -2.41. The van der Waals surface area contributed by atoms with E-state index in [0.29, 0.717) is 68.3 Å². The lowest BCUT2D eigenvalue weighted by molar-refractivity contribution is -0.166. The molecule has 3 unspecified atom stereocenters. The van der Waals surface area contributed by atoms with Crippen LogP contribution in [0.5, 0.6) is 23.0 Å². The number of alkyl halides is 1. The first-order valence-electron chi connectivity index (χ1n) is 17.2. The van der Waals surface area contributed by atoms with Crippen molar-refractivity contribution in [1.82, 2.24) is 9.80 Å². The minimum absolute atomic E-state index is 0.0494. The Kier molecular flexibility index (Phi) is 11.9. The molecule has 3 heterocycles. The molecule has 1 saturated heterocycles. The number of esters is 1. The van der Waals surface area contributed by atoms with Gasteiger partial charge in [-0.1, -0.05) is 23.7 Å². The van der Waals surface area contributed by atoms with Crippen molar-refractivity contribution in [3.05, 3.63) is 47.5 Å². The van der Waals surface area contributed by atoms with Crippen LogP contribution in [0.2, 0.25) is 0 Å². The minimum atomic E-state index is -0.984. The number of amides is 2. The number of ether oxygens (including phenoxy) is 7. The van der Waals surface area contributed by atoms with E-state index in [2.05, 4.69) is 0 Å². The Morgan fingerprint density at radius 1 is 0.880 bits per heavy atom. The lowest BCUT2D eigenvalue weighted by Crippen LogP contribution is -2.52. The van der Waals surface area contributed by atoms with Gasteiger partial charge in [-0.2, -0.15) is 0 Å². The van der Waals surface area contributed by atoms with Crippen molar-refractivity contribution in [3.8, 4) is 23.0 Å². The lowest BCUT2D eigenvalue weighted by atomic mass is 9.75. The molecule has 2 aromatic carbocycles. The van der Waals surface area contributed by atoms with E-state index in [0.717, 1.165) is 11.1 Å². The van der Waals surface area contributed by atoms with Crippen molar-refractivity contribution in [2.45, 2.75) is 96.4 Å². The third-order valence-corrected chi connectivity index (χ3v) is 9.37. The summed E-state index contributed by atoms with van der Waals surface area (Å²) in [6, 6.07) is 10.8. The zero-order valence-electron chi connectivity index (χ0n) is 29.8. The van der Waals surface area contributed by atoms with Gasteiger partial charge in [0.15, 0.2) is 28.6 Å². The van der Waals surface area contributed by atoms with Crippen LogP contribution >= 0.6 is 11.6 Å². The van der Waals surface area contributed by atoms with Crippen LogP contribution in [0.4, 0.5) is 4.79 Å². The molecule has 2 aromatic rings. The van der Waals surface area contributed by atoms with Gasteiger partial charge in [0.2, 0.25) is 19.5 Å². The predicted molar refractivity (Wildman–Crippen MR) is 185 cm³/mol. The van der Waals surface area contributed by atoms with E-state index in [-0.39, 0.29) is 44.5 Å². The summed E-state index contributed by atoms with van der Waals surface area (Å²) in [5.74, 6) is 2.07. The molecule has 3 aliphatic heterocycles. The number of halogens is 1. The molecule has 1 fully saturated rings. The highest BCUT2D eigenvalue weighted by Crippen LogP contribution is 2.39. The van der Waals surface area contributed by atoms with Crippen molar-refractivity contribution < 1.29 is 47.5 Å². The number of carbonyl (C=O) groups excluding carboxylic acids is 3. The first-order chi connectivity index (χ1) is 23.7. The molecule has 50 heavy (non-hydrogen) atoms. The molecule has 0 bridgehead atoms. The molecular weight excluding hydrogens is 668 g/mol. The second-order valence-corrected chi connectivity index (χ2v) is 14.9. The summed E-state index contributed by atoms with van der Waals surface area (Å²) < 4.78 is 39.0. The molecule has 274 valence electrons. The van der Waals surface area contributed by atoms with Gasteiger partial charge in [0, 0.05) is 38.9 Å². The van der Waals surface area contributed by atoms with Gasteiger partial charge in [0.25, 0.3) is 0 Å². The van der Waals surface area contributed by atoms with Gasteiger partial charge in [0.05, 0.1) is 11.8 Å². The van der Waals surface area contributed by atoms with Crippen LogP contribution in [0.15, 0.2) is 36.4 Å². The van der Waals surface area contributed by atoms with Crippen LogP contribution in [0, 0.1) is 5.41 Å². The molecule has 0 N–H and O–H groups in total. The van der Waals surface area contributed by atoms with E-state index in [1.807, 2.05) is 64.1 Å². The highest BCUT2D eigenvalue weighted by Gasteiger charge is 2.46. The SMILES string of the molecule is CC(Cl)OC(=O)N(CCC(Cc1ccc2c(c1)OCO2)N(C)C(=O)C1(CC(=O)OC(C)(C)C)CCOCC1)C(C)Cc1ccc2c(c1)OCO2. The average Bonchev–Trinajstić information content (AvgIpc) is 3.72. The Morgan fingerprint density at radius 3 is 2.00 bits per heavy atom. The fraction of sp³-hybridized carbons (Fsp3) is 0.595. The number of carbonyl (C=O) groups is 3. The topological polar surface area (TPSA) is 122 Å². The molecule has 0 radical (unpaired) electrons. The molecule has 0 aliphatic carbocycles. The third kappa shape index (κ3) is 9.45. The monoisotopic (exact) mass is 716 g/mol. The summed E-state index contributed by atoms with van der Waals surface area (Å²) in [5, 5.41) is 0. The summed E-state index contributed by atoms with van der Waals surface area (Å²) in [5.41, 5.74) is -0.606. The zero-order chi connectivity index (χ0) is 36.1. The summed E-state index contributed by atoms with van der Waals surface area (Å²) in [7, 11) is 1.77. The Balaban J connectivity index is 1.40. The van der Waals surface area contributed by atoms with Gasteiger partial charge >= 0.3 is 12.1 Å². The van der Waals surface area contributed by atoms with Gasteiger partial charge in [-0.3, -0.25) is 9.59 Å². The van der Waals surface area contributed by atoms with E-state index in [9.17, 15) is 14.4 Å². The molecule has 13 heteroatoms. The van der Waals surface area contributed by atoms with Gasteiger partial charge < -0.3 is 43.0 Å². The minimum Gasteiger partial charge on any atom is -0.460 e. The van der Waals surface area contributed by atoms with Crippen molar-refractivity contribution in [2.75, 3.05) is 40.4 Å². The van der Waals surface area contributed by atoms with E-state index in [1.54, 1.807) is 23.8 Å². The van der Waals surface area contributed by atoms with Crippen molar-refractivity contribution in [1.29, 1.82) is 0 Å². The van der Waals surface area contributed by atoms with E-state index < -0.39 is 28.6 Å². The number of hydrogen-bond acceptors (Lipinski definition) is 10. The largest absolute Gasteiger partial charge is 0.460 e. The maximum atomic E-state index is 14.6. The number of fused-ring (bicyclic) bond motifs is 2. The van der Waals surface area contributed by atoms with Crippen LogP contribution < -0.4 is 18.9 Å². The van der Waals surface area contributed by atoms with Crippen LogP contribution in [0.1, 0.15) is 71.4 Å². The number of hydrogen-bond donors (Lipinski definition) is 0. The molecule has 0 aromatic heterocycles. The summed E-state index contributed by atoms with van der Waals surface area (Å²) in [4.78, 5) is 44.6. The molecule has 0 spiro atoms. The fourth-order valence-corrected chi connectivity index (χ4v) is 6.78. The van der Waals surface area contributed by atoms with Crippen molar-refractivity contribution >= 4 is 29.6 Å². The highest BCUT2D eigenvalue weighted by molar-refractivity contribution is 6.19. The Morgan fingerprint density at radius 2 is 1.44 bits per heavy atom. The molecule has 2 amide bonds. The highest BCUT2D eigenvalue weighted by atomic mass is 35.5. The van der Waals surface area contributed by atoms with Gasteiger partial charge in [-0.15, -0.1) is 0 Å². The Labute approximate surface area is 299 Å². The van der Waals surface area contributed by atoms with E-state index in [4.69, 9.17) is 44.8 Å². The number of benzene rings is 2. The first kappa shape index (κ1) is 37.4. The van der Waals surface area contributed by atoms with Crippen LogP contribution in [-0.4, -0.2) is 91.4 Å². The Bertz CT molecular complexity index is 1520. The predicted octanol–water partition coefficient (Wildman–Crippen LogP) is 6.09. The Hall–Kier alpha value is -3.90. The summed E-state index contributed by atoms with van der Waals surface area (Å²) in [6.45, 7) is 10.3. The summed E-state index contributed by atoms with van der Waals surface area (Å²) >= 11 is 6.11. The van der Waals surface area contributed by atoms with E-state index in [1.165, 1.54) is 0 Å². The molecule has 3 atom stereocenters. The summed E-state index contributed by atoms with van der Waals surface area (Å²) in [6.07, 6.45) is 1.57. The molecular formula is C37H49ClN2O10. The smallest absolute Gasteiger partial charge is 0.411 e. The maximum Gasteiger partial charge on any atom is 0.411 e. The molecule has 12 nitrogen and oxygen atoms in total. The van der Waals surface area contributed by atoms with Crippen molar-refractivity contribution in [3.63, 3.8) is 0 Å². The molecule has 3 aliphatic rings. The van der Waals surface area contributed by atoms with Crippen LogP contribution in [0.25, 0.3) is 0 Å². The van der Waals surface area contributed by atoms with Crippen LogP contribution in [0.3, 0.4) is 0 Å². The zero-order valence-corrected chi connectivity index (χ0v) is 30.6. The number of likely N-dealkylation sites (N-methyl/N-ethyl adjacent to an activating group) is 1. The molecule has 0 saturated carbocycles. The maximum absolute atomic E-state index is 14.6. The fourth-order valence-electron chi connectivity index (χ4n) is 6.70. The molecule has 5 rings (SSSR count). The number of rotatable bonds is 13. The number of nitrogens with zero attached hydrogens (tertiary/aromatic N) is 2. The van der Waals surface area contributed by atoms with Gasteiger partial charge in [0.1, 0.15) is 5.60 Å². The standard InChI is InChI=1S/C37H49ClN2O10/c1-24(17-26-7-9-29-31(19-26)47-22-45-29)40(35(43)49-25(2)38)14-11-28(18-27-8-10-30-32(20-27)48-23-46-30)39(6)34(42)37(12-15-44-16-13-37)21-33(41)50-36(3,4)5/h7-10,19-20,24-25,28H,11-18,21-23H2,1-6H3. The first-order valence-corrected chi connectivity index (χ1v) is 17.6. The van der Waals surface area contributed by atoms with E-state index >= 15 is 0 Å². The quantitative estimate of drug-likeness (QED) is 0.178. The second-order valence-electron chi connectivity index (χ2n) is 14.3. The third-order valence-electron chi connectivity index (χ3n) is 9.28. The van der Waals surface area contributed by atoms with Gasteiger partial charge in [-0.25, -0.2) is 4.79 Å². The van der Waals surface area contributed by atoms with Crippen molar-refractivity contribution in [2.24, 2.45) is 5.41 Å². The van der Waals surface area contributed by atoms with Crippen LogP contribution in [-0.2, 0) is 36.6 Å². The normalized spacial score (nSPS) is 17.7. The average molecular weight is 717 g/mol.